The topological polar surface area (TPSA) is 115 Å². The van der Waals surface area contributed by atoms with Gasteiger partial charge in [-0.15, -0.1) is 0 Å². The summed E-state index contributed by atoms with van der Waals surface area (Å²) in [7, 11) is 0. The molecule has 0 aromatic carbocycles. The van der Waals surface area contributed by atoms with Crippen LogP contribution >= 0.6 is 11.5 Å². The van der Waals surface area contributed by atoms with Gasteiger partial charge in [0, 0.05) is 29.8 Å². The van der Waals surface area contributed by atoms with Gasteiger partial charge in [0.15, 0.2) is 5.66 Å². The Balaban J connectivity index is 1.80. The van der Waals surface area contributed by atoms with Gasteiger partial charge in [-0.3, -0.25) is 14.2 Å². The van der Waals surface area contributed by atoms with Crippen molar-refractivity contribution in [2.45, 2.75) is 32.4 Å². The zero-order chi connectivity index (χ0) is 19.6. The normalized spacial score (nSPS) is 19.4. The molecule has 2 aliphatic heterocycles. The molecule has 0 saturated carbocycles. The van der Waals surface area contributed by atoms with Crippen LogP contribution in [-0.4, -0.2) is 19.8 Å². The molecule has 0 spiro atoms. The summed E-state index contributed by atoms with van der Waals surface area (Å²) in [6.07, 6.45) is 2.72. The molecule has 0 aliphatic carbocycles. The highest BCUT2D eigenvalue weighted by Crippen LogP contribution is 2.39. The zero-order valence-corrected chi connectivity index (χ0v) is 16.2. The van der Waals surface area contributed by atoms with E-state index in [9.17, 15) is 9.59 Å². The smallest absolute Gasteiger partial charge is 0.277 e. The van der Waals surface area contributed by atoms with Crippen molar-refractivity contribution in [2.75, 3.05) is 11.1 Å². The van der Waals surface area contributed by atoms with E-state index in [4.69, 9.17) is 5.73 Å². The largest absolute Gasteiger partial charge is 0.384 e. The lowest BCUT2D eigenvalue weighted by Crippen LogP contribution is -2.48. The minimum Gasteiger partial charge on any atom is -0.384 e. The number of anilines is 3. The Morgan fingerprint density at radius 2 is 2.21 bits per heavy atom. The summed E-state index contributed by atoms with van der Waals surface area (Å²) in [6.45, 7) is 3.82. The number of carbonyl (C=O) groups excluding carboxylic acids is 1. The third-order valence-electron chi connectivity index (χ3n) is 5.68. The maximum Gasteiger partial charge on any atom is 0.277 e. The monoisotopic (exact) mass is 394 g/mol. The number of carbonyl (C=O) groups is 1. The van der Waals surface area contributed by atoms with Crippen LogP contribution in [0.15, 0.2) is 28.5 Å². The van der Waals surface area contributed by atoms with E-state index in [1.54, 1.807) is 16.8 Å². The molecule has 5 heterocycles. The number of aromatic nitrogens is 3. The van der Waals surface area contributed by atoms with Crippen LogP contribution in [0.4, 0.5) is 17.2 Å². The Labute approximate surface area is 164 Å². The van der Waals surface area contributed by atoms with E-state index >= 15 is 0 Å². The van der Waals surface area contributed by atoms with Crippen molar-refractivity contribution in [1.29, 1.82) is 0 Å². The SMILES string of the molecule is CCC1(c2ccsn2)NC(=O)c2c(C)c3c(c(=O)n21)Nc1cc(N)ncc1C3. The van der Waals surface area contributed by atoms with Gasteiger partial charge >= 0.3 is 0 Å². The first-order valence-electron chi connectivity index (χ1n) is 9.00. The summed E-state index contributed by atoms with van der Waals surface area (Å²) in [5.74, 6) is 0.128. The van der Waals surface area contributed by atoms with Crippen LogP contribution in [0.25, 0.3) is 0 Å². The summed E-state index contributed by atoms with van der Waals surface area (Å²) < 4.78 is 6.00. The maximum absolute atomic E-state index is 13.6. The molecule has 8 nitrogen and oxygen atoms in total. The Hall–Kier alpha value is -3.20. The fourth-order valence-corrected chi connectivity index (χ4v) is 4.82. The molecule has 0 saturated heterocycles. The third kappa shape index (κ3) is 2.04. The molecule has 28 heavy (non-hydrogen) atoms. The van der Waals surface area contributed by atoms with Crippen LogP contribution in [0.2, 0.25) is 0 Å². The average molecular weight is 394 g/mol. The van der Waals surface area contributed by atoms with Crippen LogP contribution in [0.5, 0.6) is 0 Å². The summed E-state index contributed by atoms with van der Waals surface area (Å²) in [6, 6.07) is 3.57. The molecule has 5 rings (SSSR count). The fraction of sp³-hybridized carbons (Fsp3) is 0.263. The van der Waals surface area contributed by atoms with Crippen LogP contribution in [-0.2, 0) is 12.1 Å². The quantitative estimate of drug-likeness (QED) is 0.480. The Morgan fingerprint density at radius 1 is 1.39 bits per heavy atom. The van der Waals surface area contributed by atoms with Crippen molar-refractivity contribution in [2.24, 2.45) is 0 Å². The van der Waals surface area contributed by atoms with E-state index in [1.165, 1.54) is 11.5 Å². The Kier molecular flexibility index (Phi) is 3.42. The maximum atomic E-state index is 13.6. The number of nitrogen functional groups attached to an aromatic ring is 1. The Bertz CT molecular complexity index is 1200. The summed E-state index contributed by atoms with van der Waals surface area (Å²) in [5.41, 5.74) is 9.43. The third-order valence-corrected chi connectivity index (χ3v) is 6.23. The van der Waals surface area contributed by atoms with Crippen molar-refractivity contribution in [3.05, 3.63) is 62.1 Å². The minimum absolute atomic E-state index is 0.246. The molecule has 0 radical (unpaired) electrons. The first-order valence-corrected chi connectivity index (χ1v) is 9.83. The molecule has 2 aliphatic rings. The van der Waals surface area contributed by atoms with Gasteiger partial charge < -0.3 is 16.4 Å². The van der Waals surface area contributed by atoms with Crippen LogP contribution < -0.4 is 21.9 Å². The minimum atomic E-state index is -0.984. The predicted molar refractivity (Wildman–Crippen MR) is 107 cm³/mol. The molecule has 9 heteroatoms. The summed E-state index contributed by atoms with van der Waals surface area (Å²) in [5, 5.41) is 8.10. The molecule has 1 amide bonds. The summed E-state index contributed by atoms with van der Waals surface area (Å²) >= 11 is 1.29. The van der Waals surface area contributed by atoms with E-state index in [1.807, 2.05) is 25.3 Å². The molecule has 142 valence electrons. The number of nitrogens with zero attached hydrogens (tertiary/aromatic N) is 3. The van der Waals surface area contributed by atoms with Gasteiger partial charge in [0.25, 0.3) is 11.5 Å². The molecular weight excluding hydrogens is 376 g/mol. The van der Waals surface area contributed by atoms with Gasteiger partial charge in [-0.25, -0.2) is 4.98 Å². The number of nitrogens with one attached hydrogen (secondary N) is 2. The standard InChI is InChI=1S/C19H18N6O2S/c1-3-19(13-4-5-28-24-13)23-17(26)16-9(2)11-6-10-8-21-14(20)7-12(10)22-15(11)18(27)25(16)19/h4-5,7-8,22H,3,6H2,1-2H3,(H2,20,21)(H,23,26). The Morgan fingerprint density at radius 3 is 2.93 bits per heavy atom. The number of nitrogens with two attached hydrogens (primary N) is 1. The molecule has 1 unspecified atom stereocenters. The summed E-state index contributed by atoms with van der Waals surface area (Å²) in [4.78, 5) is 30.7. The van der Waals surface area contributed by atoms with Gasteiger partial charge in [-0.2, -0.15) is 4.37 Å². The zero-order valence-electron chi connectivity index (χ0n) is 15.4. The highest BCUT2D eigenvalue weighted by molar-refractivity contribution is 7.03. The number of hydrogen-bond acceptors (Lipinski definition) is 7. The van der Waals surface area contributed by atoms with Gasteiger partial charge in [0.05, 0.1) is 0 Å². The number of rotatable bonds is 2. The second kappa shape index (κ2) is 5.65. The fourth-order valence-electron chi connectivity index (χ4n) is 4.24. The van der Waals surface area contributed by atoms with Crippen molar-refractivity contribution in [1.82, 2.24) is 19.2 Å². The molecule has 3 aromatic rings. The predicted octanol–water partition coefficient (Wildman–Crippen LogP) is 2.09. The van der Waals surface area contributed by atoms with Gasteiger partial charge in [-0.1, -0.05) is 6.92 Å². The van der Waals surface area contributed by atoms with E-state index in [0.717, 1.165) is 22.4 Å². The molecule has 1 atom stereocenters. The average Bonchev–Trinajstić information content (AvgIpc) is 3.32. The van der Waals surface area contributed by atoms with Gasteiger partial charge in [0.2, 0.25) is 0 Å². The lowest BCUT2D eigenvalue weighted by atomic mass is 9.94. The lowest BCUT2D eigenvalue weighted by Gasteiger charge is -2.31. The number of amides is 1. The van der Waals surface area contributed by atoms with Crippen molar-refractivity contribution >= 4 is 34.6 Å². The van der Waals surface area contributed by atoms with Crippen molar-refractivity contribution < 1.29 is 4.79 Å². The van der Waals surface area contributed by atoms with Gasteiger partial charge in [-0.05, 0) is 47.6 Å². The highest BCUT2D eigenvalue weighted by atomic mass is 32.1. The first-order chi connectivity index (χ1) is 13.5. The first kappa shape index (κ1) is 16.9. The number of hydrogen-bond donors (Lipinski definition) is 3. The van der Waals surface area contributed by atoms with E-state index in [0.29, 0.717) is 35.7 Å². The highest BCUT2D eigenvalue weighted by Gasteiger charge is 2.47. The second-order valence-electron chi connectivity index (χ2n) is 7.09. The van der Waals surface area contributed by atoms with E-state index in [-0.39, 0.29) is 11.5 Å². The molecule has 0 bridgehead atoms. The van der Waals surface area contributed by atoms with Crippen LogP contribution in [0.1, 0.15) is 46.2 Å². The molecule has 4 N–H and O–H groups in total. The van der Waals surface area contributed by atoms with Crippen LogP contribution in [0, 0.1) is 6.92 Å². The second-order valence-corrected chi connectivity index (χ2v) is 7.75. The van der Waals surface area contributed by atoms with Crippen molar-refractivity contribution in [3.63, 3.8) is 0 Å². The van der Waals surface area contributed by atoms with E-state index in [2.05, 4.69) is 20.0 Å². The molecular formula is C19H18N6O2S. The number of pyridine rings is 2. The number of fused-ring (bicyclic) bond motifs is 3. The lowest BCUT2D eigenvalue weighted by molar-refractivity contribution is 0.0932. The van der Waals surface area contributed by atoms with E-state index < -0.39 is 5.66 Å². The molecule has 0 fully saturated rings. The van der Waals surface area contributed by atoms with Crippen LogP contribution in [0.3, 0.4) is 0 Å². The molecule has 3 aromatic heterocycles. The van der Waals surface area contributed by atoms with Gasteiger partial charge in [0.1, 0.15) is 22.9 Å². The van der Waals surface area contributed by atoms with Crippen molar-refractivity contribution in [3.8, 4) is 0 Å².